The van der Waals surface area contributed by atoms with Crippen LogP contribution in [0.5, 0.6) is 11.5 Å². The third kappa shape index (κ3) is 4.83. The van der Waals surface area contributed by atoms with Crippen molar-refractivity contribution in [1.29, 1.82) is 0 Å². The number of amides is 1. The lowest BCUT2D eigenvalue weighted by molar-refractivity contribution is -0.120. The number of halogens is 1. The smallest absolute Gasteiger partial charge is 0.267 e. The molecule has 31 heavy (non-hydrogen) atoms. The standard InChI is InChI=1S/C24H21FN2O3S/c1-2-29-20-13-8-14-21-23(20)26-24(31-21)27(15-17-9-4-3-5-10-17)22(28)16-30-19-12-7-6-11-18(19)25/h3-14H,2,15-16H2,1H3. The van der Waals surface area contributed by atoms with Gasteiger partial charge >= 0.3 is 0 Å². The normalized spacial score (nSPS) is 10.8. The molecular formula is C24H21FN2O3S. The summed E-state index contributed by atoms with van der Waals surface area (Å²) in [5.41, 5.74) is 1.66. The minimum absolute atomic E-state index is 0.0402. The molecular weight excluding hydrogens is 415 g/mol. The molecule has 1 amide bonds. The quantitative estimate of drug-likeness (QED) is 0.369. The van der Waals surface area contributed by atoms with Crippen molar-refractivity contribution in [2.75, 3.05) is 18.1 Å². The number of carbonyl (C=O) groups is 1. The van der Waals surface area contributed by atoms with Crippen LogP contribution >= 0.6 is 11.3 Å². The molecule has 1 heterocycles. The minimum atomic E-state index is -0.508. The zero-order chi connectivity index (χ0) is 21.6. The average Bonchev–Trinajstić information content (AvgIpc) is 3.23. The number of para-hydroxylation sites is 2. The third-order valence-corrected chi connectivity index (χ3v) is 5.62. The Hall–Kier alpha value is -3.45. The first-order chi connectivity index (χ1) is 15.2. The Balaban J connectivity index is 1.64. The molecule has 0 atom stereocenters. The highest BCUT2D eigenvalue weighted by Crippen LogP contribution is 2.35. The van der Waals surface area contributed by atoms with E-state index in [0.29, 0.717) is 29.5 Å². The van der Waals surface area contributed by atoms with Gasteiger partial charge in [0.05, 0.1) is 17.9 Å². The molecule has 158 valence electrons. The number of hydrogen-bond acceptors (Lipinski definition) is 5. The zero-order valence-electron chi connectivity index (χ0n) is 17.0. The number of benzene rings is 3. The summed E-state index contributed by atoms with van der Waals surface area (Å²) in [5.74, 6) is -0.106. The number of aromatic nitrogens is 1. The summed E-state index contributed by atoms with van der Waals surface area (Å²) in [6.45, 7) is 2.46. The highest BCUT2D eigenvalue weighted by Gasteiger charge is 2.22. The number of fused-ring (bicyclic) bond motifs is 1. The molecule has 0 fully saturated rings. The first-order valence-electron chi connectivity index (χ1n) is 9.89. The van der Waals surface area contributed by atoms with E-state index in [1.165, 1.54) is 23.5 Å². The lowest BCUT2D eigenvalue weighted by Crippen LogP contribution is -2.34. The highest BCUT2D eigenvalue weighted by atomic mass is 32.1. The summed E-state index contributed by atoms with van der Waals surface area (Å²) in [5, 5.41) is 0.535. The van der Waals surface area contributed by atoms with Gasteiger partial charge in [0.2, 0.25) is 0 Å². The van der Waals surface area contributed by atoms with E-state index >= 15 is 0 Å². The second-order valence-corrected chi connectivity index (χ2v) is 7.73. The van der Waals surface area contributed by atoms with Gasteiger partial charge in [0.1, 0.15) is 11.3 Å². The second-order valence-electron chi connectivity index (χ2n) is 6.72. The molecule has 0 spiro atoms. The molecule has 0 saturated heterocycles. The van der Waals surface area contributed by atoms with Crippen LogP contribution in [0.15, 0.2) is 72.8 Å². The Kier molecular flexibility index (Phi) is 6.43. The maximum Gasteiger partial charge on any atom is 0.267 e. The van der Waals surface area contributed by atoms with Crippen molar-refractivity contribution in [3.05, 3.63) is 84.2 Å². The fourth-order valence-corrected chi connectivity index (χ4v) is 4.11. The van der Waals surface area contributed by atoms with E-state index in [2.05, 4.69) is 0 Å². The van der Waals surface area contributed by atoms with Crippen molar-refractivity contribution in [3.63, 3.8) is 0 Å². The predicted molar refractivity (Wildman–Crippen MR) is 120 cm³/mol. The van der Waals surface area contributed by atoms with E-state index in [9.17, 15) is 9.18 Å². The van der Waals surface area contributed by atoms with Gasteiger partial charge in [0, 0.05) is 0 Å². The van der Waals surface area contributed by atoms with E-state index in [1.54, 1.807) is 17.0 Å². The lowest BCUT2D eigenvalue weighted by Gasteiger charge is -2.20. The van der Waals surface area contributed by atoms with Gasteiger partial charge in [-0.05, 0) is 36.8 Å². The first kappa shape index (κ1) is 20.8. The molecule has 4 rings (SSSR count). The maximum absolute atomic E-state index is 13.9. The van der Waals surface area contributed by atoms with Gasteiger partial charge < -0.3 is 9.47 Å². The van der Waals surface area contributed by atoms with Crippen LogP contribution in [0.1, 0.15) is 12.5 Å². The summed E-state index contributed by atoms with van der Waals surface area (Å²) in [6.07, 6.45) is 0. The van der Waals surface area contributed by atoms with Crippen LogP contribution in [0.3, 0.4) is 0 Å². The number of carbonyl (C=O) groups excluding carboxylic acids is 1. The van der Waals surface area contributed by atoms with Crippen molar-refractivity contribution >= 4 is 32.6 Å². The number of ether oxygens (including phenoxy) is 2. The molecule has 5 nitrogen and oxygen atoms in total. The maximum atomic E-state index is 13.9. The van der Waals surface area contributed by atoms with Crippen LogP contribution in [0, 0.1) is 5.82 Å². The van der Waals surface area contributed by atoms with Gasteiger partial charge in [0.25, 0.3) is 5.91 Å². The molecule has 7 heteroatoms. The van der Waals surface area contributed by atoms with Gasteiger partial charge in [0.15, 0.2) is 23.3 Å². The van der Waals surface area contributed by atoms with E-state index in [-0.39, 0.29) is 18.3 Å². The van der Waals surface area contributed by atoms with Crippen molar-refractivity contribution in [1.82, 2.24) is 4.98 Å². The number of nitrogens with zero attached hydrogens (tertiary/aromatic N) is 2. The summed E-state index contributed by atoms with van der Waals surface area (Å²) in [6, 6.07) is 21.4. The predicted octanol–water partition coefficient (Wildman–Crippen LogP) is 5.45. The fraction of sp³-hybridized carbons (Fsp3) is 0.167. The number of rotatable bonds is 8. The van der Waals surface area contributed by atoms with E-state index in [4.69, 9.17) is 14.5 Å². The minimum Gasteiger partial charge on any atom is -0.492 e. The van der Waals surface area contributed by atoms with Crippen LogP contribution in [0.2, 0.25) is 0 Å². The van der Waals surface area contributed by atoms with Gasteiger partial charge in [-0.15, -0.1) is 0 Å². The summed E-state index contributed by atoms with van der Waals surface area (Å²) in [7, 11) is 0. The SMILES string of the molecule is CCOc1cccc2sc(N(Cc3ccccc3)C(=O)COc3ccccc3F)nc12. The largest absolute Gasteiger partial charge is 0.492 e. The van der Waals surface area contributed by atoms with Crippen LogP contribution < -0.4 is 14.4 Å². The molecule has 0 aliphatic carbocycles. The summed E-state index contributed by atoms with van der Waals surface area (Å²) >= 11 is 1.40. The summed E-state index contributed by atoms with van der Waals surface area (Å²) in [4.78, 5) is 19.4. The summed E-state index contributed by atoms with van der Waals surface area (Å²) < 4.78 is 26.0. The van der Waals surface area contributed by atoms with Gasteiger partial charge in [-0.2, -0.15) is 0 Å². The van der Waals surface area contributed by atoms with Crippen molar-refractivity contribution in [2.45, 2.75) is 13.5 Å². The fourth-order valence-electron chi connectivity index (χ4n) is 3.11. The molecule has 1 aromatic heterocycles. The Morgan fingerprint density at radius 2 is 1.71 bits per heavy atom. The third-order valence-electron chi connectivity index (χ3n) is 4.57. The van der Waals surface area contributed by atoms with Crippen LogP contribution in [-0.2, 0) is 11.3 Å². The molecule has 0 radical (unpaired) electrons. The van der Waals surface area contributed by atoms with Crippen molar-refractivity contribution in [2.24, 2.45) is 0 Å². The Bertz CT molecular complexity index is 1180. The Morgan fingerprint density at radius 1 is 0.968 bits per heavy atom. The number of anilines is 1. The zero-order valence-corrected chi connectivity index (χ0v) is 17.8. The van der Waals surface area contributed by atoms with Crippen LogP contribution in [0.4, 0.5) is 9.52 Å². The molecule has 0 bridgehead atoms. The monoisotopic (exact) mass is 436 g/mol. The van der Waals surface area contributed by atoms with Crippen molar-refractivity contribution in [3.8, 4) is 11.5 Å². The number of thiazole rings is 1. The Morgan fingerprint density at radius 3 is 2.48 bits per heavy atom. The van der Waals surface area contributed by atoms with Gasteiger partial charge in [-0.25, -0.2) is 9.37 Å². The highest BCUT2D eigenvalue weighted by molar-refractivity contribution is 7.22. The van der Waals surface area contributed by atoms with Crippen LogP contribution in [-0.4, -0.2) is 24.1 Å². The van der Waals surface area contributed by atoms with Crippen molar-refractivity contribution < 1.29 is 18.7 Å². The molecule has 4 aromatic rings. The second kappa shape index (κ2) is 9.57. The Labute approximate surface area is 183 Å². The first-order valence-corrected chi connectivity index (χ1v) is 10.7. The molecule has 0 N–H and O–H groups in total. The van der Waals surface area contributed by atoms with E-state index in [1.807, 2.05) is 55.5 Å². The molecule has 0 aliphatic heterocycles. The van der Waals surface area contributed by atoms with E-state index < -0.39 is 5.82 Å². The molecule has 0 saturated carbocycles. The lowest BCUT2D eigenvalue weighted by atomic mass is 10.2. The molecule has 0 aliphatic rings. The average molecular weight is 437 g/mol. The van der Waals surface area contributed by atoms with E-state index in [0.717, 1.165) is 10.3 Å². The topological polar surface area (TPSA) is 51.7 Å². The van der Waals surface area contributed by atoms with Gasteiger partial charge in [-0.1, -0.05) is 59.9 Å². The molecule has 0 unspecified atom stereocenters. The van der Waals surface area contributed by atoms with Crippen LogP contribution in [0.25, 0.3) is 10.2 Å². The van der Waals surface area contributed by atoms with Gasteiger partial charge in [-0.3, -0.25) is 9.69 Å². The number of hydrogen-bond donors (Lipinski definition) is 0. The molecule has 3 aromatic carbocycles.